The molecule has 24 heavy (non-hydrogen) atoms. The van der Waals surface area contributed by atoms with Gasteiger partial charge in [-0.3, -0.25) is 14.8 Å². The largest absolute Gasteiger partial charge is 0.490 e. The Morgan fingerprint density at radius 2 is 1.79 bits per heavy atom. The lowest BCUT2D eigenvalue weighted by Crippen LogP contribution is -2.39. The molecule has 0 bridgehead atoms. The maximum atomic E-state index is 10.8. The van der Waals surface area contributed by atoms with Crippen LogP contribution in [0, 0.1) is 0 Å². The van der Waals surface area contributed by atoms with Crippen LogP contribution in [-0.2, 0) is 11.2 Å². The van der Waals surface area contributed by atoms with E-state index >= 15 is 0 Å². The number of nitrogens with zero attached hydrogens (tertiary/aromatic N) is 2. The van der Waals surface area contributed by atoms with Gasteiger partial charge in [0.05, 0.1) is 13.2 Å². The van der Waals surface area contributed by atoms with Crippen molar-refractivity contribution in [1.82, 2.24) is 5.32 Å². The van der Waals surface area contributed by atoms with E-state index in [9.17, 15) is 4.79 Å². The number of carbonyl (C=O) groups is 1. The fourth-order valence-electron chi connectivity index (χ4n) is 2.05. The Hall–Kier alpha value is -2.02. The van der Waals surface area contributed by atoms with Crippen LogP contribution in [0.25, 0.3) is 0 Å². The molecular formula is C17H23N3O3S. The summed E-state index contributed by atoms with van der Waals surface area (Å²) < 4.78 is 11.2. The number of carbonyl (C=O) groups excluding carboxylic acids is 1. The molecular weight excluding hydrogens is 326 g/mol. The van der Waals surface area contributed by atoms with E-state index in [0.717, 1.165) is 33.8 Å². The number of ketones is 1. The number of rotatable bonds is 9. The molecule has 0 radical (unpaired) electrons. The second kappa shape index (κ2) is 9.32. The Balaban J connectivity index is 1.84. The Morgan fingerprint density at radius 1 is 1.12 bits per heavy atom. The highest BCUT2D eigenvalue weighted by Crippen LogP contribution is 2.28. The van der Waals surface area contributed by atoms with Crippen LogP contribution < -0.4 is 14.8 Å². The quantitative estimate of drug-likeness (QED) is 0.742. The van der Waals surface area contributed by atoms with Gasteiger partial charge in [0.25, 0.3) is 0 Å². The summed E-state index contributed by atoms with van der Waals surface area (Å²) >= 11 is 1.46. The van der Waals surface area contributed by atoms with Gasteiger partial charge in [0.2, 0.25) is 0 Å². The van der Waals surface area contributed by atoms with Gasteiger partial charge in [-0.2, -0.15) is 0 Å². The Bertz CT molecular complexity index is 634. The number of aliphatic imine (C=N–C) groups is 2. The molecule has 0 spiro atoms. The number of Topliss-reactive ketones (excluding diaryl/α,β-unsaturated/α-hetero) is 1. The number of benzene rings is 1. The third kappa shape index (κ3) is 5.56. The minimum absolute atomic E-state index is 0.0518. The average Bonchev–Trinajstić information content (AvgIpc) is 2.51. The third-order valence-electron chi connectivity index (χ3n) is 3.12. The number of nitrogens with one attached hydrogen (secondary N) is 1. The van der Waals surface area contributed by atoms with E-state index in [2.05, 4.69) is 15.3 Å². The Kier molecular flexibility index (Phi) is 7.11. The van der Waals surface area contributed by atoms with Crippen molar-refractivity contribution in [2.45, 2.75) is 27.2 Å². The molecule has 0 atom stereocenters. The molecule has 0 aliphatic carbocycles. The fourth-order valence-corrected chi connectivity index (χ4v) is 2.66. The van der Waals surface area contributed by atoms with Gasteiger partial charge < -0.3 is 14.8 Å². The first-order valence-electron chi connectivity index (χ1n) is 8.04. The Labute approximate surface area is 146 Å². The van der Waals surface area contributed by atoms with Gasteiger partial charge in [0.1, 0.15) is 6.54 Å². The summed E-state index contributed by atoms with van der Waals surface area (Å²) in [5, 5.41) is 4.64. The van der Waals surface area contributed by atoms with Gasteiger partial charge in [-0.25, -0.2) is 0 Å². The molecule has 1 aliphatic heterocycles. The van der Waals surface area contributed by atoms with Crippen molar-refractivity contribution in [2.24, 2.45) is 9.98 Å². The molecule has 0 saturated carbocycles. The van der Waals surface area contributed by atoms with Crippen LogP contribution in [-0.4, -0.2) is 42.4 Å². The third-order valence-corrected chi connectivity index (χ3v) is 3.97. The Morgan fingerprint density at radius 3 is 2.46 bits per heavy atom. The zero-order valence-corrected chi connectivity index (χ0v) is 15.1. The van der Waals surface area contributed by atoms with Crippen molar-refractivity contribution in [1.29, 1.82) is 0 Å². The van der Waals surface area contributed by atoms with Crippen LogP contribution in [0.5, 0.6) is 11.5 Å². The number of hydrogen-bond acceptors (Lipinski definition) is 6. The van der Waals surface area contributed by atoms with E-state index in [1.54, 1.807) is 0 Å². The van der Waals surface area contributed by atoms with Crippen LogP contribution >= 0.6 is 11.8 Å². The van der Waals surface area contributed by atoms with Crippen LogP contribution in [0.1, 0.15) is 26.3 Å². The van der Waals surface area contributed by atoms with Crippen molar-refractivity contribution >= 4 is 27.9 Å². The standard InChI is InChI=1S/C17H23N3O3S/c1-4-22-14-7-6-13(10-15(14)23-5-2)8-9-18-16-20-17(24-16)19-11-12(3)21/h6-7,10H,4-5,8-9,11H2,1-3H3,(H,18,19,20). The first-order chi connectivity index (χ1) is 11.6. The van der Waals surface area contributed by atoms with E-state index in [0.29, 0.717) is 19.8 Å². The average molecular weight is 349 g/mol. The normalized spacial score (nSPS) is 16.6. The molecule has 7 heteroatoms. The molecule has 1 saturated heterocycles. The van der Waals surface area contributed by atoms with E-state index in [1.807, 2.05) is 32.0 Å². The number of thioether (sulfide) groups is 1. The molecule has 2 rings (SSSR count). The van der Waals surface area contributed by atoms with Crippen LogP contribution in [0.3, 0.4) is 0 Å². The molecule has 1 aliphatic rings. The predicted molar refractivity (Wildman–Crippen MR) is 98.5 cm³/mol. The maximum Gasteiger partial charge on any atom is 0.170 e. The lowest BCUT2D eigenvalue weighted by Gasteiger charge is -2.19. The van der Waals surface area contributed by atoms with Crippen molar-refractivity contribution in [3.05, 3.63) is 23.8 Å². The van der Waals surface area contributed by atoms with Gasteiger partial charge in [-0.15, -0.1) is 0 Å². The maximum absolute atomic E-state index is 10.8. The van der Waals surface area contributed by atoms with Crippen LogP contribution in [0.2, 0.25) is 0 Å². The topological polar surface area (TPSA) is 72.3 Å². The SMILES string of the molecule is CCOc1ccc(CCN=C2NC(=NCC(C)=O)S2)cc1OCC. The lowest BCUT2D eigenvalue weighted by atomic mass is 10.1. The molecule has 1 fully saturated rings. The van der Waals surface area contributed by atoms with E-state index in [-0.39, 0.29) is 12.3 Å². The minimum Gasteiger partial charge on any atom is -0.490 e. The molecule has 0 unspecified atom stereocenters. The summed E-state index contributed by atoms with van der Waals surface area (Å²) in [4.78, 5) is 19.4. The summed E-state index contributed by atoms with van der Waals surface area (Å²) in [5.41, 5.74) is 1.15. The van der Waals surface area contributed by atoms with Gasteiger partial charge >= 0.3 is 0 Å². The molecule has 1 heterocycles. The van der Waals surface area contributed by atoms with E-state index in [4.69, 9.17) is 9.47 Å². The molecule has 6 nitrogen and oxygen atoms in total. The van der Waals surface area contributed by atoms with Gasteiger partial charge in [-0.05, 0) is 56.7 Å². The lowest BCUT2D eigenvalue weighted by molar-refractivity contribution is -0.115. The van der Waals surface area contributed by atoms with Gasteiger partial charge in [-0.1, -0.05) is 6.07 Å². The summed E-state index contributed by atoms with van der Waals surface area (Å²) in [5.74, 6) is 1.60. The zero-order chi connectivity index (χ0) is 17.4. The first kappa shape index (κ1) is 18.3. The highest BCUT2D eigenvalue weighted by molar-refractivity contribution is 8.29. The summed E-state index contributed by atoms with van der Waals surface area (Å²) in [6.45, 7) is 7.55. The minimum atomic E-state index is 0.0518. The van der Waals surface area contributed by atoms with E-state index < -0.39 is 0 Å². The molecule has 0 aromatic heterocycles. The first-order valence-corrected chi connectivity index (χ1v) is 8.85. The smallest absolute Gasteiger partial charge is 0.170 e. The van der Waals surface area contributed by atoms with Crippen molar-refractivity contribution in [3.63, 3.8) is 0 Å². The number of amidine groups is 2. The number of hydrogen-bond donors (Lipinski definition) is 1. The summed E-state index contributed by atoms with van der Waals surface area (Å²) in [7, 11) is 0. The van der Waals surface area contributed by atoms with Gasteiger partial charge in [0, 0.05) is 6.54 Å². The van der Waals surface area contributed by atoms with Crippen LogP contribution in [0.4, 0.5) is 0 Å². The second-order valence-corrected chi connectivity index (χ2v) is 6.11. The highest BCUT2D eigenvalue weighted by Gasteiger charge is 2.18. The molecule has 1 N–H and O–H groups in total. The highest BCUT2D eigenvalue weighted by atomic mass is 32.2. The summed E-state index contributed by atoms with van der Waals surface area (Å²) in [6, 6.07) is 5.99. The van der Waals surface area contributed by atoms with Crippen molar-refractivity contribution < 1.29 is 14.3 Å². The van der Waals surface area contributed by atoms with Crippen molar-refractivity contribution in [3.8, 4) is 11.5 Å². The fraction of sp³-hybridized carbons (Fsp3) is 0.471. The molecule has 1 aromatic rings. The summed E-state index contributed by atoms with van der Waals surface area (Å²) in [6.07, 6.45) is 0.818. The molecule has 0 amide bonds. The molecule has 130 valence electrons. The molecule has 1 aromatic carbocycles. The van der Waals surface area contributed by atoms with Crippen LogP contribution in [0.15, 0.2) is 28.2 Å². The van der Waals surface area contributed by atoms with E-state index in [1.165, 1.54) is 18.7 Å². The second-order valence-electron chi connectivity index (χ2n) is 5.13. The van der Waals surface area contributed by atoms with Gasteiger partial charge in [0.15, 0.2) is 27.6 Å². The van der Waals surface area contributed by atoms with Crippen molar-refractivity contribution in [2.75, 3.05) is 26.3 Å². The monoisotopic (exact) mass is 349 g/mol. The predicted octanol–water partition coefficient (Wildman–Crippen LogP) is 2.66. The zero-order valence-electron chi connectivity index (χ0n) is 14.3. The number of ether oxygens (including phenoxy) is 2.